The first-order valence-corrected chi connectivity index (χ1v) is 9.24. The molecular weight excluding hydrogens is 326 g/mol. The van der Waals surface area contributed by atoms with Gasteiger partial charge in [-0.3, -0.25) is 4.79 Å². The van der Waals surface area contributed by atoms with Crippen molar-refractivity contribution in [1.82, 2.24) is 0 Å². The number of allylic oxidation sites excluding steroid dienone is 1. The van der Waals surface area contributed by atoms with Gasteiger partial charge in [0.05, 0.1) is 13.2 Å². The molecule has 2 rings (SSSR count). The molecule has 142 valence electrons. The van der Waals surface area contributed by atoms with E-state index in [0.717, 1.165) is 43.5 Å². The van der Waals surface area contributed by atoms with Crippen LogP contribution in [0, 0.1) is 17.2 Å². The minimum Gasteiger partial charge on any atom is -0.378 e. The van der Waals surface area contributed by atoms with Crippen molar-refractivity contribution in [3.05, 3.63) is 35.4 Å². The Morgan fingerprint density at radius 3 is 2.23 bits per heavy atom. The Labute approximate surface area is 157 Å². The summed E-state index contributed by atoms with van der Waals surface area (Å²) in [5, 5.41) is 8.96. The van der Waals surface area contributed by atoms with E-state index >= 15 is 0 Å². The summed E-state index contributed by atoms with van der Waals surface area (Å²) in [6, 6.07) is 9.63. The summed E-state index contributed by atoms with van der Waals surface area (Å²) in [5.74, 6) is 0.206. The molecule has 1 aliphatic heterocycles. The van der Waals surface area contributed by atoms with Crippen molar-refractivity contribution in [1.29, 1.82) is 5.26 Å². The molecule has 2 N–H and O–H groups in total. The summed E-state index contributed by atoms with van der Waals surface area (Å²) in [5.41, 5.74) is 7.74. The van der Waals surface area contributed by atoms with E-state index in [-0.39, 0.29) is 5.57 Å². The zero-order valence-corrected chi connectivity index (χ0v) is 16.4. The van der Waals surface area contributed by atoms with E-state index in [4.69, 9.17) is 15.7 Å². The lowest BCUT2D eigenvalue weighted by molar-refractivity contribution is -0.114. The van der Waals surface area contributed by atoms with Gasteiger partial charge in [-0.2, -0.15) is 5.26 Å². The van der Waals surface area contributed by atoms with Gasteiger partial charge in [0.2, 0.25) is 0 Å². The largest absolute Gasteiger partial charge is 0.378 e. The van der Waals surface area contributed by atoms with E-state index in [1.165, 1.54) is 12.8 Å². The molecule has 1 saturated heterocycles. The summed E-state index contributed by atoms with van der Waals surface area (Å²) in [6.45, 7) is 11.7. The molecule has 5 nitrogen and oxygen atoms in total. The van der Waals surface area contributed by atoms with Crippen LogP contribution < -0.4 is 10.6 Å². The molecule has 0 radical (unpaired) electrons. The van der Waals surface area contributed by atoms with Gasteiger partial charge in [-0.15, -0.1) is 0 Å². The van der Waals surface area contributed by atoms with Crippen molar-refractivity contribution in [2.75, 3.05) is 31.2 Å². The maximum absolute atomic E-state index is 11.2. The predicted octanol–water partition coefficient (Wildman–Crippen LogP) is 3.75. The van der Waals surface area contributed by atoms with Crippen LogP contribution in [0.15, 0.2) is 29.8 Å². The van der Waals surface area contributed by atoms with Gasteiger partial charge in [-0.1, -0.05) is 45.7 Å². The maximum atomic E-state index is 11.2. The molecule has 0 saturated carbocycles. The minimum absolute atomic E-state index is 0.00382. The van der Waals surface area contributed by atoms with Gasteiger partial charge >= 0.3 is 0 Å². The third-order valence-electron chi connectivity index (χ3n) is 4.28. The fourth-order valence-electron chi connectivity index (χ4n) is 2.79. The number of morpholine rings is 1. The van der Waals surface area contributed by atoms with Crippen molar-refractivity contribution in [3.8, 4) is 6.07 Å². The van der Waals surface area contributed by atoms with Gasteiger partial charge in [-0.25, -0.2) is 0 Å². The number of hydrogen-bond donors (Lipinski definition) is 1. The molecule has 0 aliphatic carbocycles. The predicted molar refractivity (Wildman–Crippen MR) is 107 cm³/mol. The first-order chi connectivity index (χ1) is 12.4. The second-order valence-electron chi connectivity index (χ2n) is 6.80. The normalized spacial score (nSPS) is 14.8. The fourth-order valence-corrected chi connectivity index (χ4v) is 2.79. The Balaban J connectivity index is 0.000000487. The van der Waals surface area contributed by atoms with Crippen LogP contribution in [0.1, 0.15) is 46.1 Å². The van der Waals surface area contributed by atoms with E-state index in [2.05, 4.69) is 25.7 Å². The van der Waals surface area contributed by atoms with Gasteiger partial charge < -0.3 is 15.4 Å². The highest BCUT2D eigenvalue weighted by Gasteiger charge is 2.13. The van der Waals surface area contributed by atoms with Crippen LogP contribution in [0.4, 0.5) is 5.69 Å². The summed E-state index contributed by atoms with van der Waals surface area (Å²) in [6.07, 6.45) is 2.71. The van der Waals surface area contributed by atoms with Crippen molar-refractivity contribution < 1.29 is 9.53 Å². The molecule has 1 fully saturated rings. The average Bonchev–Trinajstić information content (AvgIpc) is 2.63. The summed E-state index contributed by atoms with van der Waals surface area (Å²) in [7, 11) is 0. The van der Waals surface area contributed by atoms with Crippen LogP contribution in [-0.2, 0) is 9.53 Å². The number of benzene rings is 1. The number of anilines is 1. The zero-order valence-electron chi connectivity index (χ0n) is 16.4. The molecule has 1 amide bonds. The number of carbonyl (C=O) groups excluding carboxylic acids is 1. The first kappa shape index (κ1) is 21.7. The van der Waals surface area contributed by atoms with Gasteiger partial charge in [0.25, 0.3) is 5.91 Å². The second-order valence-corrected chi connectivity index (χ2v) is 6.80. The number of nitrogens with two attached hydrogens (primary N) is 1. The lowest BCUT2D eigenvalue weighted by Gasteiger charge is -2.29. The third-order valence-corrected chi connectivity index (χ3v) is 4.28. The molecule has 26 heavy (non-hydrogen) atoms. The van der Waals surface area contributed by atoms with Crippen LogP contribution >= 0.6 is 0 Å². The van der Waals surface area contributed by atoms with E-state index < -0.39 is 5.91 Å². The number of amides is 1. The maximum Gasteiger partial charge on any atom is 0.259 e. The highest BCUT2D eigenvalue weighted by molar-refractivity contribution is 6.03. The van der Waals surface area contributed by atoms with Crippen molar-refractivity contribution in [2.24, 2.45) is 11.7 Å². The molecule has 1 heterocycles. The molecule has 1 aromatic carbocycles. The number of nitrogens with zero attached hydrogens (tertiary/aromatic N) is 2. The van der Waals surface area contributed by atoms with E-state index in [1.54, 1.807) is 6.92 Å². The van der Waals surface area contributed by atoms with Gasteiger partial charge in [0.1, 0.15) is 11.6 Å². The van der Waals surface area contributed by atoms with E-state index in [1.807, 2.05) is 30.3 Å². The molecule has 0 bridgehead atoms. The fraction of sp³-hybridized carbons (Fsp3) is 0.524. The third kappa shape index (κ3) is 6.89. The number of hydrogen-bond acceptors (Lipinski definition) is 4. The molecular formula is C21H31N3O2. The van der Waals surface area contributed by atoms with Gasteiger partial charge in [-0.05, 0) is 36.1 Å². The number of nitriles is 1. The summed E-state index contributed by atoms with van der Waals surface area (Å²) >= 11 is 0. The molecule has 0 atom stereocenters. The number of carbonyl (C=O) groups is 1. The monoisotopic (exact) mass is 357 g/mol. The first-order valence-electron chi connectivity index (χ1n) is 9.24. The highest BCUT2D eigenvalue weighted by Crippen LogP contribution is 2.22. The van der Waals surface area contributed by atoms with Crippen molar-refractivity contribution in [3.63, 3.8) is 0 Å². The topological polar surface area (TPSA) is 79.3 Å². The van der Waals surface area contributed by atoms with Gasteiger partial charge in [0, 0.05) is 18.8 Å². The smallest absolute Gasteiger partial charge is 0.259 e. The van der Waals surface area contributed by atoms with E-state index in [9.17, 15) is 4.79 Å². The number of ether oxygens (including phenoxy) is 1. The van der Waals surface area contributed by atoms with Crippen LogP contribution in [0.5, 0.6) is 0 Å². The lowest BCUT2D eigenvalue weighted by atomic mass is 10.0. The van der Waals surface area contributed by atoms with Gasteiger partial charge in [0.15, 0.2) is 0 Å². The van der Waals surface area contributed by atoms with Crippen molar-refractivity contribution >= 4 is 17.2 Å². The molecule has 0 aromatic heterocycles. The van der Waals surface area contributed by atoms with Crippen LogP contribution in [0.2, 0.25) is 0 Å². The zero-order chi connectivity index (χ0) is 19.5. The van der Waals surface area contributed by atoms with E-state index in [0.29, 0.717) is 5.57 Å². The standard InChI is InChI=1S/C15H17N3O2.C6H14/c1-11(14(10-16)15(17)19)12-2-4-13(5-3-12)18-6-8-20-9-7-18;1-4-5-6(2)3/h2-5H,6-9H2,1H3,(H2,17,19);6H,4-5H2,1-3H3/b14-11+;. The van der Waals surface area contributed by atoms with Crippen LogP contribution in [-0.4, -0.2) is 32.2 Å². The summed E-state index contributed by atoms with van der Waals surface area (Å²) < 4.78 is 5.32. The van der Waals surface area contributed by atoms with Crippen molar-refractivity contribution in [2.45, 2.75) is 40.5 Å². The Kier molecular flexibility index (Phi) is 9.46. The Morgan fingerprint density at radius 2 is 1.85 bits per heavy atom. The molecule has 0 spiro atoms. The Morgan fingerprint density at radius 1 is 1.27 bits per heavy atom. The average molecular weight is 357 g/mol. The number of primary amides is 1. The van der Waals surface area contributed by atoms with Crippen LogP contribution in [0.3, 0.4) is 0 Å². The number of rotatable bonds is 5. The minimum atomic E-state index is -0.692. The Hall–Kier alpha value is -2.32. The second kappa shape index (κ2) is 11.3. The highest BCUT2D eigenvalue weighted by atomic mass is 16.5. The molecule has 1 aliphatic rings. The quantitative estimate of drug-likeness (QED) is 0.643. The molecule has 1 aromatic rings. The molecule has 5 heteroatoms. The molecule has 0 unspecified atom stereocenters. The summed E-state index contributed by atoms with van der Waals surface area (Å²) in [4.78, 5) is 13.4. The van der Waals surface area contributed by atoms with Crippen LogP contribution in [0.25, 0.3) is 5.57 Å². The Bertz CT molecular complexity index is 636. The SMILES string of the molecule is C/C(=C(/C#N)C(N)=O)c1ccc(N2CCOCC2)cc1.CCCC(C)C. The lowest BCUT2D eigenvalue weighted by Crippen LogP contribution is -2.36.